The molecule has 0 aliphatic carbocycles. The standard InChI is InChI=1S/C12H9ClN4O3/c13-10-4-3-8(6-11(10)17(19)20)12(18)16-15-7-9-2-1-5-14-9/h1-7,14H,(H,16,18)/b15-7+. The average molecular weight is 293 g/mol. The SMILES string of the molecule is O=C(N/N=C/c1ccc[nH]1)c1ccc(Cl)c([N+](=O)[O-])c1. The van der Waals surface area contributed by atoms with Gasteiger partial charge in [0.1, 0.15) is 5.02 Å². The molecule has 0 aliphatic rings. The molecule has 0 saturated heterocycles. The van der Waals surface area contributed by atoms with Crippen molar-refractivity contribution in [3.8, 4) is 0 Å². The first-order chi connectivity index (χ1) is 9.58. The first-order valence-corrected chi connectivity index (χ1v) is 5.86. The number of amides is 1. The van der Waals surface area contributed by atoms with Gasteiger partial charge in [-0.3, -0.25) is 14.9 Å². The van der Waals surface area contributed by atoms with Crippen LogP contribution in [0.4, 0.5) is 5.69 Å². The smallest absolute Gasteiger partial charge is 0.288 e. The van der Waals surface area contributed by atoms with E-state index >= 15 is 0 Å². The minimum absolute atomic E-state index is 0.0264. The van der Waals surface area contributed by atoms with E-state index in [-0.39, 0.29) is 16.3 Å². The fraction of sp³-hybridized carbons (Fsp3) is 0. The van der Waals surface area contributed by atoms with E-state index in [1.807, 2.05) is 0 Å². The van der Waals surface area contributed by atoms with Crippen molar-refractivity contribution in [2.24, 2.45) is 5.10 Å². The summed E-state index contributed by atoms with van der Waals surface area (Å²) in [5.74, 6) is -0.562. The molecule has 0 unspecified atom stereocenters. The van der Waals surface area contributed by atoms with Gasteiger partial charge in [0.25, 0.3) is 11.6 Å². The lowest BCUT2D eigenvalue weighted by Gasteiger charge is -2.00. The number of rotatable bonds is 4. The summed E-state index contributed by atoms with van der Waals surface area (Å²) in [7, 11) is 0. The lowest BCUT2D eigenvalue weighted by Crippen LogP contribution is -2.17. The minimum Gasteiger partial charge on any atom is -0.360 e. The number of aromatic nitrogens is 1. The lowest BCUT2D eigenvalue weighted by molar-refractivity contribution is -0.384. The van der Waals surface area contributed by atoms with E-state index in [2.05, 4.69) is 15.5 Å². The van der Waals surface area contributed by atoms with Gasteiger partial charge in [0, 0.05) is 17.8 Å². The van der Waals surface area contributed by atoms with Gasteiger partial charge in [-0.1, -0.05) is 11.6 Å². The highest BCUT2D eigenvalue weighted by atomic mass is 35.5. The Hall–Kier alpha value is -2.67. The van der Waals surface area contributed by atoms with Crippen LogP contribution in [-0.4, -0.2) is 22.0 Å². The Labute approximate surface area is 118 Å². The molecule has 0 radical (unpaired) electrons. The molecule has 1 aromatic carbocycles. The number of hydrogen-bond acceptors (Lipinski definition) is 4. The third kappa shape index (κ3) is 3.21. The molecule has 1 amide bonds. The van der Waals surface area contributed by atoms with Crippen molar-refractivity contribution < 1.29 is 9.72 Å². The highest BCUT2D eigenvalue weighted by Crippen LogP contribution is 2.24. The van der Waals surface area contributed by atoms with Crippen LogP contribution in [0.1, 0.15) is 16.1 Å². The second-order valence-electron chi connectivity index (χ2n) is 3.75. The zero-order valence-corrected chi connectivity index (χ0v) is 10.8. The van der Waals surface area contributed by atoms with E-state index in [9.17, 15) is 14.9 Å². The van der Waals surface area contributed by atoms with Crippen molar-refractivity contribution in [3.05, 3.63) is 62.9 Å². The predicted octanol–water partition coefficient (Wildman–Crippen LogP) is 2.34. The normalized spacial score (nSPS) is 10.7. The molecule has 8 heteroatoms. The largest absolute Gasteiger partial charge is 0.360 e. The number of carbonyl (C=O) groups excluding carboxylic acids is 1. The Morgan fingerprint density at radius 3 is 2.90 bits per heavy atom. The number of nitrogens with one attached hydrogen (secondary N) is 2. The summed E-state index contributed by atoms with van der Waals surface area (Å²) >= 11 is 5.66. The van der Waals surface area contributed by atoms with Crippen LogP contribution in [0.25, 0.3) is 0 Å². The fourth-order valence-electron chi connectivity index (χ4n) is 1.44. The monoisotopic (exact) mass is 292 g/mol. The predicted molar refractivity (Wildman–Crippen MR) is 74.0 cm³/mol. The fourth-order valence-corrected chi connectivity index (χ4v) is 1.63. The third-order valence-electron chi connectivity index (χ3n) is 2.40. The number of halogens is 1. The van der Waals surface area contributed by atoms with Crippen LogP contribution >= 0.6 is 11.6 Å². The van der Waals surface area contributed by atoms with Gasteiger partial charge in [0.05, 0.1) is 16.8 Å². The number of nitro benzene ring substituents is 1. The summed E-state index contributed by atoms with van der Waals surface area (Å²) in [6.45, 7) is 0. The van der Waals surface area contributed by atoms with E-state index in [1.165, 1.54) is 18.3 Å². The molecule has 0 saturated carbocycles. The lowest BCUT2D eigenvalue weighted by atomic mass is 10.2. The summed E-state index contributed by atoms with van der Waals surface area (Å²) in [5.41, 5.74) is 2.76. The van der Waals surface area contributed by atoms with Crippen molar-refractivity contribution >= 4 is 29.4 Å². The summed E-state index contributed by atoms with van der Waals surface area (Å²) < 4.78 is 0. The molecule has 2 aromatic rings. The van der Waals surface area contributed by atoms with Crippen LogP contribution in [0.5, 0.6) is 0 Å². The van der Waals surface area contributed by atoms with Gasteiger partial charge in [0.2, 0.25) is 0 Å². The highest BCUT2D eigenvalue weighted by molar-refractivity contribution is 6.32. The third-order valence-corrected chi connectivity index (χ3v) is 2.72. The molecule has 0 aliphatic heterocycles. The molecule has 102 valence electrons. The topological polar surface area (TPSA) is 100 Å². The van der Waals surface area contributed by atoms with Crippen molar-refractivity contribution in [1.29, 1.82) is 0 Å². The number of aromatic amines is 1. The van der Waals surface area contributed by atoms with Gasteiger partial charge in [-0.25, -0.2) is 5.43 Å². The number of hydrazone groups is 1. The number of nitro groups is 1. The summed E-state index contributed by atoms with van der Waals surface area (Å²) in [6, 6.07) is 7.33. The Bertz CT molecular complexity index is 667. The van der Waals surface area contributed by atoms with Gasteiger partial charge >= 0.3 is 0 Å². The maximum atomic E-state index is 11.8. The molecule has 1 heterocycles. The molecule has 0 spiro atoms. The van der Waals surface area contributed by atoms with Gasteiger partial charge in [-0.05, 0) is 24.3 Å². The number of nitrogens with zero attached hydrogens (tertiary/aromatic N) is 2. The van der Waals surface area contributed by atoms with Crippen molar-refractivity contribution in [2.75, 3.05) is 0 Å². The maximum Gasteiger partial charge on any atom is 0.288 e. The van der Waals surface area contributed by atoms with Gasteiger partial charge < -0.3 is 4.98 Å². The molecule has 0 bridgehead atoms. The van der Waals surface area contributed by atoms with Crippen LogP contribution in [0, 0.1) is 10.1 Å². The summed E-state index contributed by atoms with van der Waals surface area (Å²) in [6.07, 6.45) is 3.13. The van der Waals surface area contributed by atoms with E-state index in [0.717, 1.165) is 6.07 Å². The van der Waals surface area contributed by atoms with Crippen molar-refractivity contribution in [2.45, 2.75) is 0 Å². The molecule has 1 aromatic heterocycles. The molecular weight excluding hydrogens is 284 g/mol. The number of benzene rings is 1. The van der Waals surface area contributed by atoms with Crippen molar-refractivity contribution in [3.63, 3.8) is 0 Å². The molecule has 2 N–H and O–H groups in total. The average Bonchev–Trinajstić information content (AvgIpc) is 2.92. The minimum atomic E-state index is -0.651. The first kappa shape index (κ1) is 13.8. The first-order valence-electron chi connectivity index (χ1n) is 5.48. The van der Waals surface area contributed by atoms with Crippen LogP contribution in [0.15, 0.2) is 41.6 Å². The number of hydrogen-bond donors (Lipinski definition) is 2. The van der Waals surface area contributed by atoms with E-state index < -0.39 is 10.8 Å². The van der Waals surface area contributed by atoms with Gasteiger partial charge in [0.15, 0.2) is 0 Å². The molecule has 2 rings (SSSR count). The molecule has 7 nitrogen and oxygen atoms in total. The Morgan fingerprint density at radius 1 is 1.45 bits per heavy atom. The van der Waals surface area contributed by atoms with Crippen LogP contribution < -0.4 is 5.43 Å². The van der Waals surface area contributed by atoms with Crippen molar-refractivity contribution in [1.82, 2.24) is 10.4 Å². The van der Waals surface area contributed by atoms with E-state index in [1.54, 1.807) is 18.3 Å². The molecule has 0 atom stereocenters. The second-order valence-corrected chi connectivity index (χ2v) is 4.16. The van der Waals surface area contributed by atoms with E-state index in [4.69, 9.17) is 11.6 Å². The van der Waals surface area contributed by atoms with Gasteiger partial charge in [-0.2, -0.15) is 5.10 Å². The molecule has 20 heavy (non-hydrogen) atoms. The van der Waals surface area contributed by atoms with E-state index in [0.29, 0.717) is 5.69 Å². The highest BCUT2D eigenvalue weighted by Gasteiger charge is 2.15. The number of carbonyl (C=O) groups is 1. The maximum absolute atomic E-state index is 11.8. The molecular formula is C12H9ClN4O3. The second kappa shape index (κ2) is 5.98. The zero-order valence-electron chi connectivity index (χ0n) is 10.0. The van der Waals surface area contributed by atoms with Gasteiger partial charge in [-0.15, -0.1) is 0 Å². The summed E-state index contributed by atoms with van der Waals surface area (Å²) in [4.78, 5) is 24.7. The summed E-state index contributed by atoms with van der Waals surface area (Å²) in [5, 5.41) is 14.4. The number of H-pyrrole nitrogens is 1. The Balaban J connectivity index is 2.09. The molecule has 0 fully saturated rings. The Morgan fingerprint density at radius 2 is 2.25 bits per heavy atom. The quantitative estimate of drug-likeness (QED) is 0.514. The Kier molecular flexibility index (Phi) is 4.11. The van der Waals surface area contributed by atoms with Crippen LogP contribution in [0.3, 0.4) is 0 Å². The van der Waals surface area contributed by atoms with Crippen LogP contribution in [0.2, 0.25) is 5.02 Å². The van der Waals surface area contributed by atoms with Crippen LogP contribution in [-0.2, 0) is 0 Å². The zero-order chi connectivity index (χ0) is 14.5.